The van der Waals surface area contributed by atoms with E-state index in [4.69, 9.17) is 4.74 Å². The molecule has 0 aliphatic carbocycles. The molecule has 2 N–H and O–H groups in total. The van der Waals surface area contributed by atoms with Crippen LogP contribution in [0.15, 0.2) is 104 Å². The van der Waals surface area contributed by atoms with Gasteiger partial charge in [-0.05, 0) is 53.1 Å². The summed E-state index contributed by atoms with van der Waals surface area (Å²) in [6, 6.07) is 28.1. The first kappa shape index (κ1) is 25.9. The molecule has 0 saturated heterocycles. The largest absolute Gasteiger partial charge is 0.478 e. The van der Waals surface area contributed by atoms with Crippen LogP contribution in [-0.4, -0.2) is 33.0 Å². The van der Waals surface area contributed by atoms with Crippen LogP contribution in [0.25, 0.3) is 6.08 Å². The molecule has 38 heavy (non-hydrogen) atoms. The number of hydrogen-bond acceptors (Lipinski definition) is 4. The van der Waals surface area contributed by atoms with Crippen LogP contribution in [-0.2, 0) is 13.1 Å². The molecule has 7 nitrogen and oxygen atoms in total. The number of nitrogens with zero attached hydrogens (tertiary/aromatic N) is 1. The summed E-state index contributed by atoms with van der Waals surface area (Å²) in [5.41, 5.74) is 1.04. The van der Waals surface area contributed by atoms with Crippen LogP contribution in [0.2, 0.25) is 0 Å². The Morgan fingerprint density at radius 1 is 0.684 bits per heavy atom. The molecule has 7 heteroatoms. The van der Waals surface area contributed by atoms with Crippen molar-refractivity contribution in [1.82, 2.24) is 4.90 Å². The summed E-state index contributed by atoms with van der Waals surface area (Å²) < 4.78 is 5.84. The van der Waals surface area contributed by atoms with Crippen molar-refractivity contribution in [2.75, 3.05) is 0 Å². The van der Waals surface area contributed by atoms with Crippen LogP contribution in [0, 0.1) is 0 Å². The van der Waals surface area contributed by atoms with Crippen molar-refractivity contribution in [2.24, 2.45) is 0 Å². The Morgan fingerprint density at radius 3 is 1.76 bits per heavy atom. The maximum atomic E-state index is 13.8. The summed E-state index contributed by atoms with van der Waals surface area (Å²) in [4.78, 5) is 39.1. The fourth-order valence-electron chi connectivity index (χ4n) is 4.01. The summed E-state index contributed by atoms with van der Waals surface area (Å²) in [5, 5.41) is 19.5. The number of aromatic carboxylic acids is 2. The van der Waals surface area contributed by atoms with Crippen LogP contribution in [0.3, 0.4) is 0 Å². The number of amides is 1. The van der Waals surface area contributed by atoms with E-state index in [1.165, 1.54) is 17.0 Å². The Kier molecular flexibility index (Phi) is 7.98. The molecular formula is C31H25NO6. The van der Waals surface area contributed by atoms with Gasteiger partial charge < -0.3 is 19.8 Å². The standard InChI is InChI=1S/C31H25NO6/c1-2-23-17-28(31(36)37)27(18-26(23)30(34)35)29(33)32(19-21-9-5-3-6-10-21)20-22-13-15-25(16-14-22)38-24-11-7-4-8-12-24/h2-18H,1,19-20H2,(H,34,35)(H,36,37). The van der Waals surface area contributed by atoms with Gasteiger partial charge in [-0.1, -0.05) is 73.3 Å². The normalized spacial score (nSPS) is 10.4. The van der Waals surface area contributed by atoms with Crippen molar-refractivity contribution in [3.8, 4) is 11.5 Å². The molecule has 1 amide bonds. The van der Waals surface area contributed by atoms with Gasteiger partial charge in [-0.25, -0.2) is 9.59 Å². The second-order valence-electron chi connectivity index (χ2n) is 8.51. The fraction of sp³-hybridized carbons (Fsp3) is 0.0645. The van der Waals surface area contributed by atoms with Gasteiger partial charge in [-0.3, -0.25) is 4.79 Å². The van der Waals surface area contributed by atoms with Gasteiger partial charge in [-0.15, -0.1) is 0 Å². The summed E-state index contributed by atoms with van der Waals surface area (Å²) in [6.45, 7) is 3.91. The lowest BCUT2D eigenvalue weighted by Gasteiger charge is -2.24. The Balaban J connectivity index is 1.68. The highest BCUT2D eigenvalue weighted by Crippen LogP contribution is 2.25. The van der Waals surface area contributed by atoms with Crippen molar-refractivity contribution in [3.05, 3.63) is 137 Å². The minimum absolute atomic E-state index is 0.120. The summed E-state index contributed by atoms with van der Waals surface area (Å²) in [7, 11) is 0. The average Bonchev–Trinajstić information content (AvgIpc) is 2.93. The van der Waals surface area contributed by atoms with Crippen molar-refractivity contribution in [2.45, 2.75) is 13.1 Å². The van der Waals surface area contributed by atoms with Crippen molar-refractivity contribution in [1.29, 1.82) is 0 Å². The van der Waals surface area contributed by atoms with E-state index in [1.807, 2.05) is 72.8 Å². The molecule has 4 aromatic rings. The number of para-hydroxylation sites is 1. The Labute approximate surface area is 219 Å². The van der Waals surface area contributed by atoms with Gasteiger partial charge in [0.25, 0.3) is 5.91 Å². The van der Waals surface area contributed by atoms with Gasteiger partial charge in [0, 0.05) is 13.1 Å². The minimum atomic E-state index is -1.34. The third-order valence-electron chi connectivity index (χ3n) is 5.88. The number of benzene rings is 4. The van der Waals surface area contributed by atoms with Crippen LogP contribution < -0.4 is 4.74 Å². The van der Waals surface area contributed by atoms with Crippen LogP contribution in [0.4, 0.5) is 0 Å². The van der Waals surface area contributed by atoms with Gasteiger partial charge in [0.2, 0.25) is 0 Å². The maximum absolute atomic E-state index is 13.8. The third-order valence-corrected chi connectivity index (χ3v) is 5.88. The van der Waals surface area contributed by atoms with E-state index in [0.29, 0.717) is 11.5 Å². The molecule has 0 unspecified atom stereocenters. The molecule has 4 rings (SSSR count). The molecule has 190 valence electrons. The summed E-state index contributed by atoms with van der Waals surface area (Å²) in [5.74, 6) is -1.90. The van der Waals surface area contributed by atoms with Crippen LogP contribution in [0.5, 0.6) is 11.5 Å². The Morgan fingerprint density at radius 2 is 1.21 bits per heavy atom. The first-order valence-corrected chi connectivity index (χ1v) is 11.8. The zero-order valence-corrected chi connectivity index (χ0v) is 20.4. The first-order valence-electron chi connectivity index (χ1n) is 11.8. The number of carboxylic acids is 2. The monoisotopic (exact) mass is 507 g/mol. The number of rotatable bonds is 10. The zero-order chi connectivity index (χ0) is 27.1. The molecule has 0 aliphatic rings. The van der Waals surface area contributed by atoms with Gasteiger partial charge in [0.05, 0.1) is 16.7 Å². The molecule has 0 saturated carbocycles. The molecule has 0 bridgehead atoms. The van der Waals surface area contributed by atoms with Gasteiger partial charge in [0.15, 0.2) is 0 Å². The van der Waals surface area contributed by atoms with E-state index in [9.17, 15) is 24.6 Å². The van der Waals surface area contributed by atoms with Crippen LogP contribution in [0.1, 0.15) is 47.8 Å². The van der Waals surface area contributed by atoms with E-state index in [1.54, 1.807) is 12.1 Å². The number of ether oxygens (including phenoxy) is 1. The smallest absolute Gasteiger partial charge is 0.336 e. The van der Waals surface area contributed by atoms with Crippen molar-refractivity contribution in [3.63, 3.8) is 0 Å². The fourth-order valence-corrected chi connectivity index (χ4v) is 4.01. The molecule has 0 aromatic heterocycles. The number of hydrogen-bond donors (Lipinski definition) is 2. The van der Waals surface area contributed by atoms with E-state index >= 15 is 0 Å². The molecule has 0 atom stereocenters. The molecule has 0 aliphatic heterocycles. The highest BCUT2D eigenvalue weighted by molar-refractivity contribution is 6.07. The van der Waals surface area contributed by atoms with E-state index in [0.717, 1.165) is 17.2 Å². The molecule has 0 heterocycles. The maximum Gasteiger partial charge on any atom is 0.336 e. The number of carbonyl (C=O) groups is 3. The molecule has 4 aromatic carbocycles. The van der Waals surface area contributed by atoms with E-state index < -0.39 is 17.8 Å². The lowest BCUT2D eigenvalue weighted by Crippen LogP contribution is -2.31. The van der Waals surface area contributed by atoms with Gasteiger partial charge >= 0.3 is 11.9 Å². The number of carboxylic acid groups (broad SMARTS) is 2. The second-order valence-corrected chi connectivity index (χ2v) is 8.51. The topological polar surface area (TPSA) is 104 Å². The minimum Gasteiger partial charge on any atom is -0.478 e. The van der Waals surface area contributed by atoms with Crippen LogP contribution >= 0.6 is 0 Å². The highest BCUT2D eigenvalue weighted by Gasteiger charge is 2.26. The molecule has 0 spiro atoms. The number of carbonyl (C=O) groups excluding carboxylic acids is 1. The summed E-state index contributed by atoms with van der Waals surface area (Å²) >= 11 is 0. The van der Waals surface area contributed by atoms with E-state index in [2.05, 4.69) is 6.58 Å². The molecular weight excluding hydrogens is 482 g/mol. The Bertz CT molecular complexity index is 1460. The average molecular weight is 508 g/mol. The van der Waals surface area contributed by atoms with Crippen molar-refractivity contribution >= 4 is 23.9 Å². The summed E-state index contributed by atoms with van der Waals surface area (Å²) in [6.07, 6.45) is 1.25. The van der Waals surface area contributed by atoms with Gasteiger partial charge in [0.1, 0.15) is 11.5 Å². The SMILES string of the molecule is C=Cc1cc(C(=O)O)c(C(=O)N(Cc2ccccc2)Cc2ccc(Oc3ccccc3)cc2)cc1C(=O)O. The lowest BCUT2D eigenvalue weighted by atomic mass is 9.96. The highest BCUT2D eigenvalue weighted by atomic mass is 16.5. The quantitative estimate of drug-likeness (QED) is 0.259. The zero-order valence-electron chi connectivity index (χ0n) is 20.4. The second kappa shape index (κ2) is 11.7. The van der Waals surface area contributed by atoms with Gasteiger partial charge in [-0.2, -0.15) is 0 Å². The first-order chi connectivity index (χ1) is 18.4. The molecule has 0 fully saturated rings. The van der Waals surface area contributed by atoms with E-state index in [-0.39, 0.29) is 35.3 Å². The molecule has 0 radical (unpaired) electrons. The van der Waals surface area contributed by atoms with Crippen molar-refractivity contribution < 1.29 is 29.3 Å². The predicted octanol–water partition coefficient (Wildman–Crippen LogP) is 6.36. The predicted molar refractivity (Wildman–Crippen MR) is 143 cm³/mol. The Hall–Kier alpha value is -5.17. The lowest BCUT2D eigenvalue weighted by molar-refractivity contribution is 0.0662. The third kappa shape index (κ3) is 6.14.